The van der Waals surface area contributed by atoms with Crippen molar-refractivity contribution in [2.75, 3.05) is 25.5 Å². The monoisotopic (exact) mass is 249 g/mol. The maximum absolute atomic E-state index is 11.9. The normalized spacial score (nSPS) is 23.9. The maximum Gasteiger partial charge on any atom is 0.154 e. The summed E-state index contributed by atoms with van der Waals surface area (Å²) in [6, 6.07) is 0.0416. The summed E-state index contributed by atoms with van der Waals surface area (Å²) in [7, 11) is -2.98. The molecule has 0 radical (unpaired) electrons. The van der Waals surface area contributed by atoms with Crippen molar-refractivity contribution in [1.82, 2.24) is 5.32 Å². The van der Waals surface area contributed by atoms with Gasteiger partial charge in [0.25, 0.3) is 0 Å². The Morgan fingerprint density at radius 1 is 1.44 bits per heavy atom. The lowest BCUT2D eigenvalue weighted by atomic mass is 10.0. The van der Waals surface area contributed by atoms with Gasteiger partial charge in [-0.2, -0.15) is 0 Å². The maximum atomic E-state index is 11.9. The molecule has 0 saturated carbocycles. The van der Waals surface area contributed by atoms with E-state index in [1.165, 1.54) is 0 Å². The molecule has 0 amide bonds. The molecule has 2 unspecified atom stereocenters. The smallest absolute Gasteiger partial charge is 0.154 e. The van der Waals surface area contributed by atoms with Gasteiger partial charge < -0.3 is 10.1 Å². The summed E-state index contributed by atoms with van der Waals surface area (Å²) < 4.78 is 29.1. The van der Waals surface area contributed by atoms with Crippen molar-refractivity contribution in [2.45, 2.75) is 38.5 Å². The lowest BCUT2D eigenvalue weighted by Crippen LogP contribution is -2.43. The first-order valence-electron chi connectivity index (χ1n) is 6.00. The van der Waals surface area contributed by atoms with Crippen LogP contribution in [0.25, 0.3) is 0 Å². The van der Waals surface area contributed by atoms with Crippen LogP contribution in [0.2, 0.25) is 0 Å². The number of hydrogen-bond acceptors (Lipinski definition) is 4. The zero-order valence-corrected chi connectivity index (χ0v) is 11.2. The van der Waals surface area contributed by atoms with Crippen LogP contribution in [0.15, 0.2) is 0 Å². The number of nitrogens with one attached hydrogen (secondary N) is 1. The zero-order valence-electron chi connectivity index (χ0n) is 10.4. The highest BCUT2D eigenvalue weighted by atomic mass is 32.2. The molecule has 4 nitrogen and oxygen atoms in total. The lowest BCUT2D eigenvalue weighted by molar-refractivity contribution is 0.179. The van der Waals surface area contributed by atoms with E-state index >= 15 is 0 Å². The minimum Gasteiger partial charge on any atom is -0.381 e. The summed E-state index contributed by atoms with van der Waals surface area (Å²) in [5.41, 5.74) is 0. The topological polar surface area (TPSA) is 55.4 Å². The van der Waals surface area contributed by atoms with Gasteiger partial charge in [0.1, 0.15) is 0 Å². The fourth-order valence-corrected chi connectivity index (χ4v) is 3.21. The molecule has 1 aliphatic heterocycles. The van der Waals surface area contributed by atoms with Gasteiger partial charge in [-0.1, -0.05) is 6.92 Å². The van der Waals surface area contributed by atoms with Crippen molar-refractivity contribution < 1.29 is 13.2 Å². The van der Waals surface area contributed by atoms with Gasteiger partial charge in [0.15, 0.2) is 9.84 Å². The Hall–Kier alpha value is -0.130. The van der Waals surface area contributed by atoms with E-state index in [0.717, 1.165) is 19.6 Å². The minimum absolute atomic E-state index is 0.0416. The van der Waals surface area contributed by atoms with E-state index in [4.69, 9.17) is 4.74 Å². The molecule has 5 heteroatoms. The Balaban J connectivity index is 2.63. The van der Waals surface area contributed by atoms with Crippen molar-refractivity contribution in [3.63, 3.8) is 0 Å². The number of hydrogen-bond donors (Lipinski definition) is 1. The van der Waals surface area contributed by atoms with Gasteiger partial charge in [-0.3, -0.25) is 0 Å². The van der Waals surface area contributed by atoms with Crippen LogP contribution in [-0.2, 0) is 14.6 Å². The average Bonchev–Trinajstić information content (AvgIpc) is 2.69. The molecule has 1 N–H and O–H groups in total. The first-order valence-corrected chi connectivity index (χ1v) is 7.71. The van der Waals surface area contributed by atoms with Crippen LogP contribution in [0.5, 0.6) is 0 Å². The predicted octanol–water partition coefficient (Wildman–Crippen LogP) is 0.824. The van der Waals surface area contributed by atoms with Gasteiger partial charge in [0, 0.05) is 18.6 Å². The Kier molecular flexibility index (Phi) is 5.21. The van der Waals surface area contributed by atoms with Crippen LogP contribution in [-0.4, -0.2) is 45.2 Å². The van der Waals surface area contributed by atoms with Crippen molar-refractivity contribution in [2.24, 2.45) is 5.92 Å². The number of sulfone groups is 1. The van der Waals surface area contributed by atoms with Gasteiger partial charge in [0.05, 0.1) is 17.6 Å². The molecule has 1 fully saturated rings. The van der Waals surface area contributed by atoms with Crippen LogP contribution in [0.3, 0.4) is 0 Å². The van der Waals surface area contributed by atoms with Crippen molar-refractivity contribution in [1.29, 1.82) is 0 Å². The molecular weight excluding hydrogens is 226 g/mol. The summed E-state index contributed by atoms with van der Waals surface area (Å²) in [5, 5.41) is 2.98. The molecule has 16 heavy (non-hydrogen) atoms. The lowest BCUT2D eigenvalue weighted by Gasteiger charge is -2.24. The number of ether oxygens (including phenoxy) is 1. The van der Waals surface area contributed by atoms with Gasteiger partial charge in [-0.15, -0.1) is 0 Å². The third kappa shape index (κ3) is 3.71. The molecule has 1 heterocycles. The molecule has 0 bridgehead atoms. The highest BCUT2D eigenvalue weighted by molar-refractivity contribution is 7.92. The molecule has 1 rings (SSSR count). The van der Waals surface area contributed by atoms with Gasteiger partial charge >= 0.3 is 0 Å². The van der Waals surface area contributed by atoms with E-state index in [2.05, 4.69) is 5.32 Å². The van der Waals surface area contributed by atoms with Crippen LogP contribution in [0.1, 0.15) is 27.2 Å². The Morgan fingerprint density at radius 2 is 2.12 bits per heavy atom. The van der Waals surface area contributed by atoms with E-state index in [9.17, 15) is 8.42 Å². The number of rotatable bonds is 6. The van der Waals surface area contributed by atoms with Crippen LogP contribution >= 0.6 is 0 Å². The Bertz CT molecular complexity index is 294. The molecule has 1 aliphatic rings. The summed E-state index contributed by atoms with van der Waals surface area (Å²) in [6.07, 6.45) is 0.964. The predicted molar refractivity (Wildman–Crippen MR) is 65.3 cm³/mol. The minimum atomic E-state index is -2.98. The average molecular weight is 249 g/mol. The first-order chi connectivity index (χ1) is 7.47. The van der Waals surface area contributed by atoms with Gasteiger partial charge in [0.2, 0.25) is 0 Å². The van der Waals surface area contributed by atoms with Gasteiger partial charge in [-0.25, -0.2) is 8.42 Å². The van der Waals surface area contributed by atoms with Crippen LogP contribution < -0.4 is 5.32 Å². The molecule has 0 spiro atoms. The molecule has 0 aliphatic carbocycles. The highest BCUT2D eigenvalue weighted by Gasteiger charge is 2.30. The molecule has 96 valence electrons. The quantitative estimate of drug-likeness (QED) is 0.757. The van der Waals surface area contributed by atoms with E-state index in [1.807, 2.05) is 6.92 Å². The second-order valence-electron chi connectivity index (χ2n) is 4.67. The summed E-state index contributed by atoms with van der Waals surface area (Å²) in [4.78, 5) is 0. The SMILES string of the molecule is CCNC(CS(=O)(=O)C(C)C)C1CCOC1. The van der Waals surface area contributed by atoms with Crippen molar-refractivity contribution >= 4 is 9.84 Å². The molecule has 0 aromatic heterocycles. The standard InChI is InChI=1S/C11H23NO3S/c1-4-12-11(10-5-6-15-7-10)8-16(13,14)9(2)3/h9-12H,4-8H2,1-3H3. The third-order valence-corrected chi connectivity index (χ3v) is 5.39. The van der Waals surface area contributed by atoms with E-state index < -0.39 is 9.84 Å². The third-order valence-electron chi connectivity index (χ3n) is 3.13. The summed E-state index contributed by atoms with van der Waals surface area (Å²) in [5.74, 6) is 0.570. The zero-order chi connectivity index (χ0) is 12.2. The Labute approximate surface area is 98.7 Å². The summed E-state index contributed by atoms with van der Waals surface area (Å²) in [6.45, 7) is 7.73. The van der Waals surface area contributed by atoms with Gasteiger partial charge in [-0.05, 0) is 26.8 Å². The summed E-state index contributed by atoms with van der Waals surface area (Å²) >= 11 is 0. The molecule has 0 aromatic rings. The second kappa shape index (κ2) is 5.98. The fourth-order valence-electron chi connectivity index (χ4n) is 1.94. The highest BCUT2D eigenvalue weighted by Crippen LogP contribution is 2.19. The molecule has 0 aromatic carbocycles. The van der Waals surface area contributed by atoms with Crippen LogP contribution in [0, 0.1) is 5.92 Å². The van der Waals surface area contributed by atoms with Crippen molar-refractivity contribution in [3.05, 3.63) is 0 Å². The molecule has 2 atom stereocenters. The van der Waals surface area contributed by atoms with E-state index in [0.29, 0.717) is 12.5 Å². The largest absolute Gasteiger partial charge is 0.381 e. The Morgan fingerprint density at radius 3 is 2.56 bits per heavy atom. The molecular formula is C11H23NO3S. The second-order valence-corrected chi connectivity index (χ2v) is 7.27. The fraction of sp³-hybridized carbons (Fsp3) is 1.00. The van der Waals surface area contributed by atoms with Crippen LogP contribution in [0.4, 0.5) is 0 Å². The first kappa shape index (κ1) is 13.9. The van der Waals surface area contributed by atoms with E-state index in [-0.39, 0.29) is 17.0 Å². The van der Waals surface area contributed by atoms with Crippen molar-refractivity contribution in [3.8, 4) is 0 Å². The van der Waals surface area contributed by atoms with E-state index in [1.54, 1.807) is 13.8 Å². The molecule has 1 saturated heterocycles.